The van der Waals surface area contributed by atoms with Crippen molar-refractivity contribution in [3.05, 3.63) is 0 Å². The van der Waals surface area contributed by atoms with Crippen LogP contribution in [0.15, 0.2) is 0 Å². The molecule has 4 atom stereocenters. The molecule has 0 aromatic rings. The van der Waals surface area contributed by atoms with E-state index in [0.29, 0.717) is 18.8 Å². The molecule has 1 saturated heterocycles. The van der Waals surface area contributed by atoms with Gasteiger partial charge in [0, 0.05) is 35.7 Å². The SMILES string of the molecule is CC[S@](=O)[C@@H]1CCCC[C@H]1NC(=O)N1CCC[C@H](O)C1. The van der Waals surface area contributed by atoms with Crippen LogP contribution in [0, 0.1) is 0 Å². The fourth-order valence-electron chi connectivity index (χ4n) is 3.18. The van der Waals surface area contributed by atoms with Crippen molar-refractivity contribution in [2.24, 2.45) is 0 Å². The average Bonchev–Trinajstić information content (AvgIpc) is 2.47. The maximum atomic E-state index is 12.3. The Balaban J connectivity index is 1.92. The summed E-state index contributed by atoms with van der Waals surface area (Å²) in [6, 6.07) is -0.0788. The Labute approximate surface area is 123 Å². The van der Waals surface area contributed by atoms with Crippen molar-refractivity contribution in [3.8, 4) is 0 Å². The monoisotopic (exact) mass is 302 g/mol. The van der Waals surface area contributed by atoms with Crippen LogP contribution in [0.3, 0.4) is 0 Å². The quantitative estimate of drug-likeness (QED) is 0.824. The first kappa shape index (κ1) is 15.8. The van der Waals surface area contributed by atoms with E-state index in [9.17, 15) is 14.1 Å². The minimum absolute atomic E-state index is 0.0242. The van der Waals surface area contributed by atoms with Crippen LogP contribution >= 0.6 is 0 Å². The van der Waals surface area contributed by atoms with Gasteiger partial charge in [-0.15, -0.1) is 0 Å². The molecular weight excluding hydrogens is 276 g/mol. The second kappa shape index (κ2) is 7.41. The van der Waals surface area contributed by atoms with E-state index in [1.54, 1.807) is 4.90 Å². The van der Waals surface area contributed by atoms with Crippen LogP contribution in [0.25, 0.3) is 0 Å². The normalized spacial score (nSPS) is 32.7. The smallest absolute Gasteiger partial charge is 0.317 e. The fourth-order valence-corrected chi connectivity index (χ4v) is 4.61. The van der Waals surface area contributed by atoms with Crippen molar-refractivity contribution in [2.45, 2.75) is 62.8 Å². The number of aliphatic hydroxyl groups is 1. The van der Waals surface area contributed by atoms with Gasteiger partial charge in [-0.1, -0.05) is 19.8 Å². The highest BCUT2D eigenvalue weighted by molar-refractivity contribution is 7.85. The number of urea groups is 1. The Morgan fingerprint density at radius 2 is 2.05 bits per heavy atom. The van der Waals surface area contributed by atoms with Crippen molar-refractivity contribution >= 4 is 16.8 Å². The van der Waals surface area contributed by atoms with E-state index in [1.165, 1.54) is 0 Å². The number of carbonyl (C=O) groups is 1. The maximum absolute atomic E-state index is 12.3. The van der Waals surface area contributed by atoms with Crippen LogP contribution in [0.5, 0.6) is 0 Å². The van der Waals surface area contributed by atoms with Crippen molar-refractivity contribution in [3.63, 3.8) is 0 Å². The lowest BCUT2D eigenvalue weighted by Crippen LogP contribution is -2.54. The first-order valence-corrected chi connectivity index (χ1v) is 9.10. The highest BCUT2D eigenvalue weighted by atomic mass is 32.2. The van der Waals surface area contributed by atoms with Crippen LogP contribution < -0.4 is 5.32 Å². The zero-order chi connectivity index (χ0) is 14.5. The molecule has 2 N–H and O–H groups in total. The minimum atomic E-state index is -0.854. The fraction of sp³-hybridized carbons (Fsp3) is 0.929. The minimum Gasteiger partial charge on any atom is -0.391 e. The maximum Gasteiger partial charge on any atom is 0.317 e. The molecule has 1 aliphatic heterocycles. The second-order valence-electron chi connectivity index (χ2n) is 5.79. The number of carbonyl (C=O) groups excluding carboxylic acids is 1. The van der Waals surface area contributed by atoms with Crippen molar-refractivity contribution in [2.75, 3.05) is 18.8 Å². The van der Waals surface area contributed by atoms with Gasteiger partial charge in [-0.25, -0.2) is 4.79 Å². The number of aliphatic hydroxyl groups excluding tert-OH is 1. The van der Waals surface area contributed by atoms with Gasteiger partial charge in [-0.3, -0.25) is 4.21 Å². The van der Waals surface area contributed by atoms with Gasteiger partial charge in [0.15, 0.2) is 0 Å². The molecule has 20 heavy (non-hydrogen) atoms. The molecule has 1 aliphatic carbocycles. The highest BCUT2D eigenvalue weighted by Gasteiger charge is 2.32. The van der Waals surface area contributed by atoms with E-state index in [1.807, 2.05) is 6.92 Å². The van der Waals surface area contributed by atoms with Gasteiger partial charge < -0.3 is 15.3 Å². The lowest BCUT2D eigenvalue weighted by atomic mass is 9.95. The summed E-state index contributed by atoms with van der Waals surface area (Å²) in [4.78, 5) is 14.0. The molecule has 1 heterocycles. The summed E-state index contributed by atoms with van der Waals surface area (Å²) in [7, 11) is -0.854. The Bertz CT molecular complexity index is 364. The second-order valence-corrected chi connectivity index (χ2v) is 7.73. The molecule has 2 aliphatic rings. The number of piperidine rings is 1. The van der Waals surface area contributed by atoms with Crippen LogP contribution in [-0.2, 0) is 10.8 Å². The molecule has 5 nitrogen and oxygen atoms in total. The predicted octanol–water partition coefficient (Wildman–Crippen LogP) is 1.23. The van der Waals surface area contributed by atoms with E-state index in [-0.39, 0.29) is 17.3 Å². The molecule has 0 spiro atoms. The number of β-amino-alcohol motifs (C(OH)–C–C–N with tert-alkyl or cyclic N) is 1. The Morgan fingerprint density at radius 1 is 1.30 bits per heavy atom. The number of amides is 2. The standard InChI is InChI=1S/C14H26N2O3S/c1-2-20(19)13-8-4-3-7-12(13)15-14(18)16-9-5-6-11(17)10-16/h11-13,17H,2-10H2,1H3,(H,15,18)/t11-,12+,13+,20-/m0/s1. The van der Waals surface area contributed by atoms with Gasteiger partial charge in [-0.2, -0.15) is 0 Å². The molecule has 1 saturated carbocycles. The summed E-state index contributed by atoms with van der Waals surface area (Å²) in [6.07, 6.45) is 5.27. The Morgan fingerprint density at radius 3 is 2.75 bits per heavy atom. The lowest BCUT2D eigenvalue weighted by Gasteiger charge is -2.35. The molecular formula is C14H26N2O3S. The van der Waals surface area contributed by atoms with E-state index in [2.05, 4.69) is 5.32 Å². The zero-order valence-electron chi connectivity index (χ0n) is 12.2. The van der Waals surface area contributed by atoms with Crippen molar-refractivity contribution in [1.82, 2.24) is 10.2 Å². The topological polar surface area (TPSA) is 69.6 Å². The number of hydrogen-bond acceptors (Lipinski definition) is 3. The summed E-state index contributed by atoms with van der Waals surface area (Å²) in [6.45, 7) is 3.06. The molecule has 0 unspecified atom stereocenters. The van der Waals surface area contributed by atoms with Gasteiger partial charge in [0.25, 0.3) is 0 Å². The largest absolute Gasteiger partial charge is 0.391 e. The highest BCUT2D eigenvalue weighted by Crippen LogP contribution is 2.23. The lowest BCUT2D eigenvalue weighted by molar-refractivity contribution is 0.0828. The molecule has 0 aromatic heterocycles. The Kier molecular flexibility index (Phi) is 5.84. The first-order chi connectivity index (χ1) is 9.61. The van der Waals surface area contributed by atoms with Crippen molar-refractivity contribution < 1.29 is 14.1 Å². The molecule has 116 valence electrons. The third kappa shape index (κ3) is 3.95. The molecule has 2 fully saturated rings. The summed E-state index contributed by atoms with van der Waals surface area (Å²) in [5, 5.41) is 12.8. The number of likely N-dealkylation sites (tertiary alicyclic amines) is 1. The van der Waals surface area contributed by atoms with Gasteiger partial charge in [0.1, 0.15) is 0 Å². The average molecular weight is 302 g/mol. The molecule has 2 amide bonds. The molecule has 6 heteroatoms. The van der Waals surface area contributed by atoms with E-state index in [4.69, 9.17) is 0 Å². The molecule has 0 bridgehead atoms. The van der Waals surface area contributed by atoms with Crippen LogP contribution in [0.4, 0.5) is 4.79 Å². The van der Waals surface area contributed by atoms with Crippen LogP contribution in [0.2, 0.25) is 0 Å². The number of rotatable bonds is 3. The van der Waals surface area contributed by atoms with Gasteiger partial charge in [0.2, 0.25) is 0 Å². The van der Waals surface area contributed by atoms with Gasteiger partial charge >= 0.3 is 6.03 Å². The van der Waals surface area contributed by atoms with Crippen LogP contribution in [-0.4, -0.2) is 56.5 Å². The van der Waals surface area contributed by atoms with E-state index >= 15 is 0 Å². The summed E-state index contributed by atoms with van der Waals surface area (Å²) in [5.41, 5.74) is 0. The third-order valence-electron chi connectivity index (χ3n) is 4.32. The van der Waals surface area contributed by atoms with Gasteiger partial charge in [-0.05, 0) is 25.7 Å². The number of nitrogens with one attached hydrogen (secondary N) is 1. The van der Waals surface area contributed by atoms with E-state index < -0.39 is 16.9 Å². The number of hydrogen-bond donors (Lipinski definition) is 2. The zero-order valence-corrected chi connectivity index (χ0v) is 13.0. The van der Waals surface area contributed by atoms with Gasteiger partial charge in [0.05, 0.1) is 11.4 Å². The van der Waals surface area contributed by atoms with Crippen molar-refractivity contribution in [1.29, 1.82) is 0 Å². The predicted molar refractivity (Wildman–Crippen MR) is 80.1 cm³/mol. The first-order valence-electron chi connectivity index (χ1n) is 7.72. The van der Waals surface area contributed by atoms with Crippen LogP contribution in [0.1, 0.15) is 45.4 Å². The molecule has 0 radical (unpaired) electrons. The molecule has 0 aromatic carbocycles. The summed E-state index contributed by atoms with van der Waals surface area (Å²) < 4.78 is 12.1. The molecule has 2 rings (SSSR count). The third-order valence-corrected chi connectivity index (χ3v) is 6.13. The summed E-state index contributed by atoms with van der Waals surface area (Å²) in [5.74, 6) is 0.652. The van der Waals surface area contributed by atoms with E-state index in [0.717, 1.165) is 38.5 Å². The Hall–Kier alpha value is -0.620. The number of nitrogens with zero attached hydrogens (tertiary/aromatic N) is 1. The summed E-state index contributed by atoms with van der Waals surface area (Å²) >= 11 is 0.